The molecular formula is C23H23F2N7O. The van der Waals surface area contributed by atoms with E-state index < -0.39 is 5.92 Å². The molecule has 0 radical (unpaired) electrons. The summed E-state index contributed by atoms with van der Waals surface area (Å²) < 4.78 is 30.8. The molecule has 5 rings (SSSR count). The Hall–Kier alpha value is -3.66. The lowest BCUT2D eigenvalue weighted by Gasteiger charge is -2.18. The highest BCUT2D eigenvalue weighted by Gasteiger charge is 2.27. The highest BCUT2D eigenvalue weighted by molar-refractivity contribution is 5.77. The van der Waals surface area contributed by atoms with Gasteiger partial charge in [0, 0.05) is 38.1 Å². The monoisotopic (exact) mass is 451 g/mol. The number of nitrogens with one attached hydrogen (secondary N) is 2. The van der Waals surface area contributed by atoms with Crippen LogP contribution in [0.3, 0.4) is 0 Å². The smallest absolute Gasteiger partial charge is 0.287 e. The van der Waals surface area contributed by atoms with Gasteiger partial charge in [0.15, 0.2) is 5.65 Å². The molecule has 33 heavy (non-hydrogen) atoms. The van der Waals surface area contributed by atoms with E-state index in [-0.39, 0.29) is 11.3 Å². The Balaban J connectivity index is 1.60. The summed E-state index contributed by atoms with van der Waals surface area (Å²) in [5.41, 5.74) is 3.39. The van der Waals surface area contributed by atoms with Crippen molar-refractivity contribution >= 4 is 22.7 Å². The van der Waals surface area contributed by atoms with Crippen LogP contribution in [0.1, 0.15) is 30.7 Å². The van der Waals surface area contributed by atoms with E-state index in [2.05, 4.69) is 37.7 Å². The molecule has 170 valence electrons. The van der Waals surface area contributed by atoms with Crippen LogP contribution in [0.15, 0.2) is 47.5 Å². The number of fused-ring (bicyclic) bond motifs is 2. The number of nitrogens with zero attached hydrogens (tertiary/aromatic N) is 5. The first-order valence-corrected chi connectivity index (χ1v) is 10.8. The Labute approximate surface area is 188 Å². The van der Waals surface area contributed by atoms with Crippen molar-refractivity contribution in [1.82, 2.24) is 29.6 Å². The number of pyridine rings is 1. The Bertz CT molecular complexity index is 1400. The zero-order valence-electron chi connectivity index (χ0n) is 18.3. The first-order valence-electron chi connectivity index (χ1n) is 10.8. The van der Waals surface area contributed by atoms with Gasteiger partial charge in [-0.2, -0.15) is 13.8 Å². The Morgan fingerprint density at radius 1 is 1.18 bits per heavy atom. The Morgan fingerprint density at radius 2 is 2.03 bits per heavy atom. The lowest BCUT2D eigenvalue weighted by atomic mass is 10.0. The summed E-state index contributed by atoms with van der Waals surface area (Å²) in [4.78, 5) is 25.6. The summed E-state index contributed by atoms with van der Waals surface area (Å²) >= 11 is 0. The molecule has 4 aromatic rings. The van der Waals surface area contributed by atoms with Gasteiger partial charge < -0.3 is 10.6 Å². The van der Waals surface area contributed by atoms with Crippen LogP contribution >= 0.6 is 0 Å². The number of benzene rings is 1. The van der Waals surface area contributed by atoms with E-state index >= 15 is 0 Å². The third-order valence-electron chi connectivity index (χ3n) is 5.76. The normalized spacial score (nSPS) is 13.8. The molecule has 1 aliphatic rings. The van der Waals surface area contributed by atoms with Crippen molar-refractivity contribution in [3.8, 4) is 5.69 Å². The molecule has 1 aliphatic heterocycles. The summed E-state index contributed by atoms with van der Waals surface area (Å²) in [7, 11) is 0. The second-order valence-electron chi connectivity index (χ2n) is 8.09. The average molecular weight is 451 g/mol. The van der Waals surface area contributed by atoms with Crippen molar-refractivity contribution in [1.29, 1.82) is 0 Å². The molecule has 10 heteroatoms. The van der Waals surface area contributed by atoms with Gasteiger partial charge in [-0.1, -0.05) is 6.07 Å². The molecular weight excluding hydrogens is 428 g/mol. The third-order valence-corrected chi connectivity index (χ3v) is 5.76. The molecule has 0 saturated heterocycles. The molecule has 8 nitrogen and oxygen atoms in total. The molecule has 0 atom stereocenters. The van der Waals surface area contributed by atoms with Crippen molar-refractivity contribution < 1.29 is 8.78 Å². The van der Waals surface area contributed by atoms with E-state index in [4.69, 9.17) is 0 Å². The summed E-state index contributed by atoms with van der Waals surface area (Å²) in [6.45, 7) is 4.69. The third kappa shape index (κ3) is 3.86. The lowest BCUT2D eigenvalue weighted by Crippen LogP contribution is -2.23. The maximum absolute atomic E-state index is 13.9. The summed E-state index contributed by atoms with van der Waals surface area (Å²) in [6.07, 6.45) is 3.76. The zero-order valence-corrected chi connectivity index (χ0v) is 18.3. The number of aromatic nitrogens is 5. The Kier molecular flexibility index (Phi) is 5.16. The van der Waals surface area contributed by atoms with E-state index in [1.165, 1.54) is 39.0 Å². The summed E-state index contributed by atoms with van der Waals surface area (Å²) in [6, 6.07) is 8.96. The lowest BCUT2D eigenvalue weighted by molar-refractivity contribution is 0.0127. The molecule has 4 heterocycles. The van der Waals surface area contributed by atoms with Crippen molar-refractivity contribution in [2.75, 3.05) is 11.9 Å². The van der Waals surface area contributed by atoms with Crippen LogP contribution in [0.5, 0.6) is 0 Å². The van der Waals surface area contributed by atoms with Crippen LogP contribution in [0, 0.1) is 0 Å². The highest BCUT2D eigenvalue weighted by atomic mass is 19.3. The average Bonchev–Trinajstić information content (AvgIpc) is 3.09. The highest BCUT2D eigenvalue weighted by Crippen LogP contribution is 2.27. The van der Waals surface area contributed by atoms with Gasteiger partial charge in [-0.3, -0.25) is 9.78 Å². The fourth-order valence-corrected chi connectivity index (χ4v) is 4.11. The van der Waals surface area contributed by atoms with Gasteiger partial charge in [0.1, 0.15) is 11.1 Å². The maximum Gasteiger partial charge on any atom is 0.287 e. The molecule has 2 N–H and O–H groups in total. The second-order valence-corrected chi connectivity index (χ2v) is 8.09. The van der Waals surface area contributed by atoms with Gasteiger partial charge >= 0.3 is 0 Å². The molecule has 1 aromatic carbocycles. The van der Waals surface area contributed by atoms with E-state index in [0.717, 1.165) is 32.1 Å². The largest absolute Gasteiger partial charge is 0.324 e. The summed E-state index contributed by atoms with van der Waals surface area (Å²) in [5, 5.41) is 6.86. The molecule has 0 unspecified atom stereocenters. The van der Waals surface area contributed by atoms with Crippen molar-refractivity contribution in [3.05, 3.63) is 69.9 Å². The van der Waals surface area contributed by atoms with Gasteiger partial charge in [-0.05, 0) is 55.3 Å². The number of hydrogen-bond donors (Lipinski definition) is 2. The SMILES string of the molecule is CCn1c(=O)c2cnc(Nc3ccc4c(c3)CNCC4)nc2n1-c1ccnc(C(C)(F)F)c1. The van der Waals surface area contributed by atoms with Crippen LogP contribution in [0.2, 0.25) is 0 Å². The predicted molar refractivity (Wildman–Crippen MR) is 121 cm³/mol. The van der Waals surface area contributed by atoms with Gasteiger partial charge in [0.25, 0.3) is 11.5 Å². The van der Waals surface area contributed by atoms with Crippen molar-refractivity contribution in [3.63, 3.8) is 0 Å². The van der Waals surface area contributed by atoms with E-state index in [9.17, 15) is 13.6 Å². The van der Waals surface area contributed by atoms with E-state index in [0.29, 0.717) is 29.2 Å². The van der Waals surface area contributed by atoms with Crippen molar-refractivity contribution in [2.45, 2.75) is 39.3 Å². The van der Waals surface area contributed by atoms with Crippen LogP contribution < -0.4 is 16.2 Å². The molecule has 0 amide bonds. The fourth-order valence-electron chi connectivity index (χ4n) is 4.11. The van der Waals surface area contributed by atoms with Crippen LogP contribution in [0.25, 0.3) is 16.7 Å². The maximum atomic E-state index is 13.9. The summed E-state index contributed by atoms with van der Waals surface area (Å²) in [5.74, 6) is -2.80. The molecule has 0 aliphatic carbocycles. The minimum absolute atomic E-state index is 0.291. The molecule has 0 saturated carbocycles. The van der Waals surface area contributed by atoms with Crippen LogP contribution in [-0.4, -0.2) is 30.9 Å². The minimum Gasteiger partial charge on any atom is -0.324 e. The first kappa shape index (κ1) is 21.2. The molecule has 0 spiro atoms. The van der Waals surface area contributed by atoms with Gasteiger partial charge in [-0.25, -0.2) is 14.3 Å². The number of rotatable bonds is 5. The number of alkyl halides is 2. The van der Waals surface area contributed by atoms with Crippen LogP contribution in [0.4, 0.5) is 20.4 Å². The van der Waals surface area contributed by atoms with Gasteiger partial charge in [0.2, 0.25) is 5.95 Å². The quantitative estimate of drug-likeness (QED) is 0.483. The fraction of sp³-hybridized carbons (Fsp3) is 0.304. The Morgan fingerprint density at radius 3 is 2.82 bits per heavy atom. The van der Waals surface area contributed by atoms with Gasteiger partial charge in [0.05, 0.1) is 5.69 Å². The van der Waals surface area contributed by atoms with Gasteiger partial charge in [-0.15, -0.1) is 0 Å². The van der Waals surface area contributed by atoms with E-state index in [1.54, 1.807) is 13.0 Å². The second kappa shape index (κ2) is 8.04. The minimum atomic E-state index is -3.11. The number of halogens is 2. The van der Waals surface area contributed by atoms with Crippen LogP contribution in [-0.2, 0) is 25.4 Å². The zero-order chi connectivity index (χ0) is 23.2. The standard InChI is InChI=1S/C23H23F2N7O/c1-3-31-21(33)18-13-28-22(29-16-5-4-14-6-8-26-12-15(14)10-16)30-20(18)32(31)17-7-9-27-19(11-17)23(2,24)25/h4-5,7,9-11,13,26H,3,6,8,12H2,1-2H3,(H,28,29,30). The van der Waals surface area contributed by atoms with E-state index in [1.807, 2.05) is 6.07 Å². The predicted octanol–water partition coefficient (Wildman–Crippen LogP) is 3.50. The molecule has 3 aromatic heterocycles. The number of anilines is 2. The molecule has 0 bridgehead atoms. The number of hydrogen-bond acceptors (Lipinski definition) is 6. The first-order chi connectivity index (χ1) is 15.8. The van der Waals surface area contributed by atoms with Crippen molar-refractivity contribution in [2.24, 2.45) is 0 Å². The molecule has 0 fully saturated rings. The topological polar surface area (TPSA) is 89.7 Å².